The molecule has 0 saturated carbocycles. The summed E-state index contributed by atoms with van der Waals surface area (Å²) in [6.07, 6.45) is 2.68. The van der Waals surface area contributed by atoms with Crippen molar-refractivity contribution in [2.24, 2.45) is 5.73 Å². The van der Waals surface area contributed by atoms with Crippen LogP contribution < -0.4 is 5.73 Å². The number of aryl methyl sites for hydroxylation is 2. The number of hydrogen-bond donors (Lipinski definition) is 1. The Balaban J connectivity index is 3.08. The lowest BCUT2D eigenvalue weighted by Crippen LogP contribution is -2.11. The highest BCUT2D eigenvalue weighted by atomic mass is 79.9. The van der Waals surface area contributed by atoms with Crippen molar-refractivity contribution in [3.05, 3.63) is 46.0 Å². The second-order valence-corrected chi connectivity index (χ2v) is 4.44. The van der Waals surface area contributed by atoms with Gasteiger partial charge in [-0.25, -0.2) is 0 Å². The molecule has 1 aromatic carbocycles. The van der Waals surface area contributed by atoms with Crippen molar-refractivity contribution in [1.29, 1.82) is 0 Å². The molecular formula is C12H16BrN. The topological polar surface area (TPSA) is 26.0 Å². The first-order valence-electron chi connectivity index (χ1n) is 4.69. The first-order valence-corrected chi connectivity index (χ1v) is 5.48. The molecule has 0 amide bonds. The average molecular weight is 254 g/mol. The Morgan fingerprint density at radius 1 is 1.43 bits per heavy atom. The zero-order valence-corrected chi connectivity index (χ0v) is 10.3. The first kappa shape index (κ1) is 11.5. The molecule has 0 saturated heterocycles. The zero-order valence-electron chi connectivity index (χ0n) is 8.68. The lowest BCUT2D eigenvalue weighted by molar-refractivity contribution is 0.734. The van der Waals surface area contributed by atoms with E-state index in [-0.39, 0.29) is 6.04 Å². The number of hydrogen-bond acceptors (Lipinski definition) is 1. The summed E-state index contributed by atoms with van der Waals surface area (Å²) in [5.74, 6) is 0. The van der Waals surface area contributed by atoms with E-state index in [4.69, 9.17) is 5.73 Å². The highest BCUT2D eigenvalue weighted by Crippen LogP contribution is 2.25. The van der Waals surface area contributed by atoms with Crippen LogP contribution in [-0.2, 0) is 0 Å². The Labute approximate surface area is 94.1 Å². The summed E-state index contributed by atoms with van der Waals surface area (Å²) in [6.45, 7) is 7.87. The molecule has 1 unspecified atom stereocenters. The maximum Gasteiger partial charge on any atom is 0.0332 e. The van der Waals surface area contributed by atoms with Crippen LogP contribution in [0, 0.1) is 13.8 Å². The van der Waals surface area contributed by atoms with E-state index in [1.807, 2.05) is 6.08 Å². The van der Waals surface area contributed by atoms with Crippen molar-refractivity contribution >= 4 is 15.9 Å². The van der Waals surface area contributed by atoms with Gasteiger partial charge in [0.2, 0.25) is 0 Å². The maximum atomic E-state index is 6.04. The predicted molar refractivity (Wildman–Crippen MR) is 65.4 cm³/mol. The first-order chi connectivity index (χ1) is 6.56. The summed E-state index contributed by atoms with van der Waals surface area (Å²) in [7, 11) is 0. The monoisotopic (exact) mass is 253 g/mol. The Morgan fingerprint density at radius 3 is 2.64 bits per heavy atom. The van der Waals surface area contributed by atoms with Gasteiger partial charge in [0.05, 0.1) is 0 Å². The molecule has 0 aromatic heterocycles. The molecule has 0 spiro atoms. The van der Waals surface area contributed by atoms with Crippen molar-refractivity contribution in [2.45, 2.75) is 26.3 Å². The van der Waals surface area contributed by atoms with Crippen molar-refractivity contribution in [2.75, 3.05) is 0 Å². The molecule has 1 atom stereocenters. The van der Waals surface area contributed by atoms with Gasteiger partial charge in [-0.05, 0) is 43.0 Å². The molecule has 0 fully saturated rings. The third kappa shape index (κ3) is 2.46. The van der Waals surface area contributed by atoms with Crippen LogP contribution in [0.15, 0.2) is 29.3 Å². The molecule has 0 aliphatic carbocycles. The molecule has 0 aliphatic heterocycles. The molecule has 2 N–H and O–H groups in total. The van der Waals surface area contributed by atoms with Crippen molar-refractivity contribution < 1.29 is 0 Å². The number of rotatable bonds is 3. The van der Waals surface area contributed by atoms with Crippen molar-refractivity contribution in [3.63, 3.8) is 0 Å². The van der Waals surface area contributed by atoms with E-state index in [0.29, 0.717) is 0 Å². The molecule has 76 valence electrons. The van der Waals surface area contributed by atoms with Gasteiger partial charge in [0.25, 0.3) is 0 Å². The second-order valence-electron chi connectivity index (χ2n) is 3.59. The van der Waals surface area contributed by atoms with E-state index in [1.165, 1.54) is 16.7 Å². The Hall–Kier alpha value is -0.600. The molecule has 0 heterocycles. The van der Waals surface area contributed by atoms with Crippen LogP contribution in [0.3, 0.4) is 0 Å². The molecule has 0 aliphatic rings. The summed E-state index contributed by atoms with van der Waals surface area (Å²) >= 11 is 3.51. The summed E-state index contributed by atoms with van der Waals surface area (Å²) in [4.78, 5) is 0. The van der Waals surface area contributed by atoms with Gasteiger partial charge in [0, 0.05) is 10.5 Å². The third-order valence-corrected chi connectivity index (χ3v) is 3.22. The minimum absolute atomic E-state index is 0.0688. The van der Waals surface area contributed by atoms with E-state index < -0.39 is 0 Å². The Bertz CT molecular complexity index is 344. The molecule has 14 heavy (non-hydrogen) atoms. The van der Waals surface area contributed by atoms with Crippen LogP contribution in [0.4, 0.5) is 0 Å². The number of halogens is 1. The van der Waals surface area contributed by atoms with Gasteiger partial charge in [-0.1, -0.05) is 28.1 Å². The van der Waals surface area contributed by atoms with Gasteiger partial charge in [0.1, 0.15) is 0 Å². The largest absolute Gasteiger partial charge is 0.324 e. The van der Waals surface area contributed by atoms with E-state index in [9.17, 15) is 0 Å². The van der Waals surface area contributed by atoms with E-state index >= 15 is 0 Å². The summed E-state index contributed by atoms with van der Waals surface area (Å²) in [5, 5.41) is 0. The minimum Gasteiger partial charge on any atom is -0.324 e. The fraction of sp³-hybridized carbons (Fsp3) is 0.333. The van der Waals surface area contributed by atoms with E-state index in [0.717, 1.165) is 10.9 Å². The molecule has 0 bridgehead atoms. The lowest BCUT2D eigenvalue weighted by atomic mass is 9.97. The molecule has 1 rings (SSSR count). The molecule has 1 aromatic rings. The van der Waals surface area contributed by atoms with Crippen molar-refractivity contribution in [1.82, 2.24) is 0 Å². The van der Waals surface area contributed by atoms with Crippen molar-refractivity contribution in [3.8, 4) is 0 Å². The van der Waals surface area contributed by atoms with Crippen LogP contribution in [0.25, 0.3) is 0 Å². The van der Waals surface area contributed by atoms with Crippen LogP contribution in [0.5, 0.6) is 0 Å². The fourth-order valence-corrected chi connectivity index (χ4v) is 1.97. The third-order valence-electron chi connectivity index (χ3n) is 2.37. The number of benzene rings is 1. The van der Waals surface area contributed by atoms with Crippen LogP contribution in [0.2, 0.25) is 0 Å². The summed E-state index contributed by atoms with van der Waals surface area (Å²) in [6, 6.07) is 4.33. The van der Waals surface area contributed by atoms with Crippen LogP contribution in [-0.4, -0.2) is 0 Å². The minimum atomic E-state index is 0.0688. The van der Waals surface area contributed by atoms with Gasteiger partial charge in [-0.15, -0.1) is 6.58 Å². The maximum absolute atomic E-state index is 6.04. The average Bonchev–Trinajstić information content (AvgIpc) is 2.11. The molecule has 0 radical (unpaired) electrons. The van der Waals surface area contributed by atoms with Gasteiger partial charge in [-0.2, -0.15) is 0 Å². The predicted octanol–water partition coefficient (Wildman–Crippen LogP) is 3.64. The summed E-state index contributed by atoms with van der Waals surface area (Å²) < 4.78 is 1.14. The Morgan fingerprint density at radius 2 is 2.07 bits per heavy atom. The molecular weight excluding hydrogens is 238 g/mol. The second kappa shape index (κ2) is 4.76. The zero-order chi connectivity index (χ0) is 10.7. The highest BCUT2D eigenvalue weighted by Gasteiger charge is 2.09. The fourth-order valence-electron chi connectivity index (χ4n) is 1.51. The van der Waals surface area contributed by atoms with Gasteiger partial charge in [0.15, 0.2) is 0 Å². The van der Waals surface area contributed by atoms with E-state index in [1.54, 1.807) is 0 Å². The standard InChI is InChI=1S/C12H16BrN/c1-4-5-12(14)10-6-9(3)11(13)7-8(10)2/h4,6-7,12H,1,5,14H2,2-3H3. The van der Waals surface area contributed by atoms with Gasteiger partial charge < -0.3 is 5.73 Å². The van der Waals surface area contributed by atoms with Crippen LogP contribution in [0.1, 0.15) is 29.2 Å². The number of nitrogens with two attached hydrogens (primary N) is 1. The SMILES string of the molecule is C=CCC(N)c1cc(C)c(Br)cc1C. The normalized spacial score (nSPS) is 12.6. The molecule has 1 nitrogen and oxygen atoms in total. The molecule has 2 heteroatoms. The van der Waals surface area contributed by atoms with E-state index in [2.05, 4.69) is 48.5 Å². The van der Waals surface area contributed by atoms with Gasteiger partial charge in [-0.3, -0.25) is 0 Å². The smallest absolute Gasteiger partial charge is 0.0332 e. The summed E-state index contributed by atoms with van der Waals surface area (Å²) in [5.41, 5.74) is 9.71. The quantitative estimate of drug-likeness (QED) is 0.819. The van der Waals surface area contributed by atoms with Crippen LogP contribution >= 0.6 is 15.9 Å². The highest BCUT2D eigenvalue weighted by molar-refractivity contribution is 9.10. The lowest BCUT2D eigenvalue weighted by Gasteiger charge is -2.14. The van der Waals surface area contributed by atoms with Gasteiger partial charge >= 0.3 is 0 Å². The Kier molecular flexibility index (Phi) is 3.90.